The highest BCUT2D eigenvalue weighted by Gasteiger charge is 2.44. The fraction of sp³-hybridized carbons (Fsp3) is 0.583. The summed E-state index contributed by atoms with van der Waals surface area (Å²) in [5.74, 6) is 0.316. The first-order valence-electron chi connectivity index (χ1n) is 5.66. The normalized spacial score (nSPS) is 27.6. The molecular weight excluding hydrogens is 240 g/mol. The lowest BCUT2D eigenvalue weighted by Gasteiger charge is -2.21. The average Bonchev–Trinajstić information content (AvgIpc) is 2.76. The molecule has 0 amide bonds. The van der Waals surface area contributed by atoms with Gasteiger partial charge in [-0.2, -0.15) is 0 Å². The van der Waals surface area contributed by atoms with Gasteiger partial charge in [-0.1, -0.05) is 32.3 Å². The van der Waals surface area contributed by atoms with Crippen molar-refractivity contribution in [3.63, 3.8) is 0 Å². The summed E-state index contributed by atoms with van der Waals surface area (Å²) in [7, 11) is 0. The molecule has 0 fully saturated rings. The SMILES string of the molecule is CCCCCC1(C(=O)O)C=C2SCC=C2S1. The van der Waals surface area contributed by atoms with E-state index in [4.69, 9.17) is 0 Å². The Bertz CT molecular complexity index is 360. The Morgan fingerprint density at radius 2 is 2.31 bits per heavy atom. The molecule has 0 aromatic carbocycles. The number of carboxylic acids is 1. The minimum atomic E-state index is -0.683. The molecule has 16 heavy (non-hydrogen) atoms. The van der Waals surface area contributed by atoms with Crippen molar-refractivity contribution in [3.05, 3.63) is 22.0 Å². The summed E-state index contributed by atoms with van der Waals surface area (Å²) in [6.45, 7) is 2.14. The molecule has 1 N–H and O–H groups in total. The number of carbonyl (C=O) groups is 1. The van der Waals surface area contributed by atoms with Gasteiger partial charge in [0.1, 0.15) is 4.75 Å². The van der Waals surface area contributed by atoms with Crippen molar-refractivity contribution in [1.82, 2.24) is 0 Å². The Balaban J connectivity index is 2.10. The fourth-order valence-electron chi connectivity index (χ4n) is 1.99. The van der Waals surface area contributed by atoms with Crippen LogP contribution in [0.3, 0.4) is 0 Å². The van der Waals surface area contributed by atoms with Gasteiger partial charge in [-0.05, 0) is 12.5 Å². The Labute approximate surface area is 105 Å². The second-order valence-electron chi connectivity index (χ2n) is 4.14. The van der Waals surface area contributed by atoms with E-state index in [1.54, 1.807) is 11.8 Å². The zero-order valence-electron chi connectivity index (χ0n) is 9.36. The van der Waals surface area contributed by atoms with E-state index in [-0.39, 0.29) is 0 Å². The smallest absolute Gasteiger partial charge is 0.324 e. The van der Waals surface area contributed by atoms with Crippen LogP contribution in [0.5, 0.6) is 0 Å². The van der Waals surface area contributed by atoms with E-state index < -0.39 is 10.7 Å². The fourth-order valence-corrected chi connectivity index (χ4v) is 4.64. The Kier molecular flexibility index (Phi) is 3.70. The monoisotopic (exact) mass is 256 g/mol. The summed E-state index contributed by atoms with van der Waals surface area (Å²) in [5, 5.41) is 9.42. The summed E-state index contributed by atoms with van der Waals surface area (Å²) in [5.41, 5.74) is 0. The third-order valence-electron chi connectivity index (χ3n) is 2.92. The Hall–Kier alpha value is -0.350. The molecule has 4 heteroatoms. The highest BCUT2D eigenvalue weighted by atomic mass is 32.2. The van der Waals surface area contributed by atoms with Gasteiger partial charge in [-0.3, -0.25) is 4.79 Å². The Morgan fingerprint density at radius 3 is 2.94 bits per heavy atom. The van der Waals surface area contributed by atoms with Crippen LogP contribution in [0.2, 0.25) is 0 Å². The number of fused-ring (bicyclic) bond motifs is 1. The molecule has 0 aliphatic carbocycles. The van der Waals surface area contributed by atoms with Gasteiger partial charge in [0.25, 0.3) is 0 Å². The number of hydrogen-bond donors (Lipinski definition) is 1. The maximum Gasteiger partial charge on any atom is 0.324 e. The Morgan fingerprint density at radius 1 is 1.50 bits per heavy atom. The predicted molar refractivity (Wildman–Crippen MR) is 70.7 cm³/mol. The standard InChI is InChI=1S/C12H16O2S2/c1-2-3-4-6-12(11(13)14)8-10-9(16-12)5-7-15-10/h5,8H,2-4,6-7H2,1H3,(H,13,14). The van der Waals surface area contributed by atoms with E-state index in [1.165, 1.54) is 21.6 Å². The first kappa shape index (κ1) is 12.1. The van der Waals surface area contributed by atoms with Crippen LogP contribution in [0.25, 0.3) is 0 Å². The maximum absolute atomic E-state index is 11.4. The molecule has 2 nitrogen and oxygen atoms in total. The summed E-state index contributed by atoms with van der Waals surface area (Å²) < 4.78 is -0.677. The van der Waals surface area contributed by atoms with Crippen LogP contribution in [0.1, 0.15) is 32.6 Å². The summed E-state index contributed by atoms with van der Waals surface area (Å²) >= 11 is 3.29. The van der Waals surface area contributed by atoms with Crippen molar-refractivity contribution < 1.29 is 9.90 Å². The van der Waals surface area contributed by atoms with Crippen LogP contribution in [0.4, 0.5) is 0 Å². The van der Waals surface area contributed by atoms with Gasteiger partial charge in [0.2, 0.25) is 0 Å². The number of unbranched alkanes of at least 4 members (excludes halogenated alkanes) is 2. The molecule has 2 heterocycles. The topological polar surface area (TPSA) is 37.3 Å². The lowest BCUT2D eigenvalue weighted by molar-refractivity contribution is -0.138. The van der Waals surface area contributed by atoms with Crippen LogP contribution < -0.4 is 0 Å². The molecule has 1 atom stereocenters. The minimum Gasteiger partial charge on any atom is -0.480 e. The molecule has 2 rings (SSSR count). The second-order valence-corrected chi connectivity index (χ2v) is 6.58. The predicted octanol–water partition coefficient (Wildman–Crippen LogP) is 3.65. The van der Waals surface area contributed by atoms with Crippen LogP contribution in [-0.4, -0.2) is 21.6 Å². The number of thioether (sulfide) groups is 2. The van der Waals surface area contributed by atoms with Gasteiger partial charge in [0, 0.05) is 15.6 Å². The highest BCUT2D eigenvalue weighted by molar-refractivity contribution is 8.11. The number of aliphatic carboxylic acids is 1. The number of rotatable bonds is 5. The lowest BCUT2D eigenvalue weighted by Crippen LogP contribution is -2.31. The van der Waals surface area contributed by atoms with Crippen molar-refractivity contribution in [2.24, 2.45) is 0 Å². The van der Waals surface area contributed by atoms with Crippen molar-refractivity contribution >= 4 is 29.5 Å². The van der Waals surface area contributed by atoms with Gasteiger partial charge < -0.3 is 5.11 Å². The third kappa shape index (κ3) is 2.18. The van der Waals surface area contributed by atoms with Crippen molar-refractivity contribution in [2.75, 3.05) is 5.75 Å². The third-order valence-corrected chi connectivity index (χ3v) is 5.50. The molecule has 0 saturated heterocycles. The average molecular weight is 256 g/mol. The van der Waals surface area contributed by atoms with Gasteiger partial charge in [0.05, 0.1) is 0 Å². The minimum absolute atomic E-state index is 0.677. The highest BCUT2D eigenvalue weighted by Crippen LogP contribution is 2.54. The molecular formula is C12H16O2S2. The zero-order chi connectivity index (χ0) is 11.6. The van der Waals surface area contributed by atoms with E-state index in [9.17, 15) is 9.90 Å². The zero-order valence-corrected chi connectivity index (χ0v) is 11.0. The van der Waals surface area contributed by atoms with Crippen molar-refractivity contribution in [3.8, 4) is 0 Å². The summed E-state index contributed by atoms with van der Waals surface area (Å²) in [4.78, 5) is 13.8. The van der Waals surface area contributed by atoms with Gasteiger partial charge >= 0.3 is 5.97 Å². The molecule has 0 aromatic rings. The second kappa shape index (κ2) is 4.88. The lowest BCUT2D eigenvalue weighted by atomic mass is 10.00. The van der Waals surface area contributed by atoms with Crippen molar-refractivity contribution in [2.45, 2.75) is 37.4 Å². The van der Waals surface area contributed by atoms with Crippen LogP contribution >= 0.6 is 23.5 Å². The van der Waals surface area contributed by atoms with E-state index in [0.29, 0.717) is 0 Å². The molecule has 0 spiro atoms. The van der Waals surface area contributed by atoms with Crippen LogP contribution in [0, 0.1) is 0 Å². The summed E-state index contributed by atoms with van der Waals surface area (Å²) in [6.07, 6.45) is 8.12. The molecule has 0 bridgehead atoms. The molecule has 2 aliphatic heterocycles. The van der Waals surface area contributed by atoms with Gasteiger partial charge in [0.15, 0.2) is 0 Å². The number of carboxylic acid groups (broad SMARTS) is 1. The maximum atomic E-state index is 11.4. The largest absolute Gasteiger partial charge is 0.480 e. The van der Waals surface area contributed by atoms with Crippen molar-refractivity contribution in [1.29, 1.82) is 0 Å². The van der Waals surface area contributed by atoms with E-state index in [2.05, 4.69) is 13.0 Å². The first-order chi connectivity index (χ1) is 7.68. The molecule has 0 radical (unpaired) electrons. The van der Waals surface area contributed by atoms with E-state index in [0.717, 1.165) is 31.4 Å². The molecule has 2 aliphatic rings. The van der Waals surface area contributed by atoms with Crippen LogP contribution in [0.15, 0.2) is 22.0 Å². The van der Waals surface area contributed by atoms with E-state index in [1.807, 2.05) is 6.08 Å². The molecule has 1 unspecified atom stereocenters. The van der Waals surface area contributed by atoms with E-state index >= 15 is 0 Å². The quantitative estimate of drug-likeness (QED) is 0.762. The molecule has 0 saturated carbocycles. The summed E-state index contributed by atoms with van der Waals surface area (Å²) in [6, 6.07) is 0. The van der Waals surface area contributed by atoms with Gasteiger partial charge in [-0.25, -0.2) is 0 Å². The van der Waals surface area contributed by atoms with Gasteiger partial charge in [-0.15, -0.1) is 23.5 Å². The molecule has 0 aromatic heterocycles. The van der Waals surface area contributed by atoms with Crippen LogP contribution in [-0.2, 0) is 4.79 Å². The molecule has 88 valence electrons. The first-order valence-corrected chi connectivity index (χ1v) is 7.47. The number of hydrogen-bond acceptors (Lipinski definition) is 3.